The predicted octanol–water partition coefficient (Wildman–Crippen LogP) is 2.85. The summed E-state index contributed by atoms with van der Waals surface area (Å²) in [6.07, 6.45) is 2.61. The number of nitrogens with one attached hydrogen (secondary N) is 1. The molecule has 1 N–H and O–H groups in total. The molecule has 13 heavy (non-hydrogen) atoms. The van der Waals surface area contributed by atoms with Gasteiger partial charge in [0.25, 0.3) is 0 Å². The van der Waals surface area contributed by atoms with E-state index in [-0.39, 0.29) is 0 Å². The lowest BCUT2D eigenvalue weighted by Gasteiger charge is -2.31. The van der Waals surface area contributed by atoms with Gasteiger partial charge in [0.1, 0.15) is 0 Å². The molecule has 1 aliphatic rings. The van der Waals surface area contributed by atoms with Gasteiger partial charge in [-0.15, -0.1) is 0 Å². The molecule has 2 atom stereocenters. The third-order valence-corrected chi connectivity index (χ3v) is 3.80. The minimum Gasteiger partial charge on any atom is -0.316 e. The smallest absolute Gasteiger partial charge is 0.00148 e. The van der Waals surface area contributed by atoms with Crippen molar-refractivity contribution in [3.63, 3.8) is 0 Å². The molecule has 1 nitrogen and oxygen atoms in total. The normalized spacial score (nSPS) is 29.0. The van der Waals surface area contributed by atoms with E-state index >= 15 is 0 Å². The Bertz CT molecular complexity index is 243. The van der Waals surface area contributed by atoms with Gasteiger partial charge in [0, 0.05) is 0 Å². The van der Waals surface area contributed by atoms with Crippen LogP contribution in [0.15, 0.2) is 16.8 Å². The third kappa shape index (κ3) is 1.94. The largest absolute Gasteiger partial charge is 0.316 e. The zero-order valence-electron chi connectivity index (χ0n) is 8.12. The molecule has 1 aromatic rings. The van der Waals surface area contributed by atoms with Crippen LogP contribution in [0.4, 0.5) is 0 Å². The van der Waals surface area contributed by atoms with Crippen LogP contribution in [0.1, 0.15) is 31.2 Å². The molecule has 0 amide bonds. The number of hydrogen-bond acceptors (Lipinski definition) is 2. The van der Waals surface area contributed by atoms with Crippen molar-refractivity contribution in [3.8, 4) is 0 Å². The molecule has 2 rings (SSSR count). The number of piperidine rings is 1. The number of thiophene rings is 1. The van der Waals surface area contributed by atoms with Crippen LogP contribution in [0.25, 0.3) is 0 Å². The molecular weight excluding hydrogens is 178 g/mol. The average molecular weight is 195 g/mol. The maximum absolute atomic E-state index is 3.48. The van der Waals surface area contributed by atoms with Gasteiger partial charge in [0.05, 0.1) is 0 Å². The highest BCUT2D eigenvalue weighted by atomic mass is 32.1. The minimum atomic E-state index is 0.817. The van der Waals surface area contributed by atoms with Crippen molar-refractivity contribution in [2.75, 3.05) is 13.1 Å². The van der Waals surface area contributed by atoms with Gasteiger partial charge in [-0.25, -0.2) is 0 Å². The summed E-state index contributed by atoms with van der Waals surface area (Å²) < 4.78 is 0. The molecule has 0 radical (unpaired) electrons. The molecule has 2 unspecified atom stereocenters. The predicted molar refractivity (Wildman–Crippen MR) is 58.3 cm³/mol. The molecule has 0 spiro atoms. The van der Waals surface area contributed by atoms with Crippen LogP contribution in [0, 0.1) is 5.92 Å². The van der Waals surface area contributed by atoms with Crippen molar-refractivity contribution in [1.29, 1.82) is 0 Å². The van der Waals surface area contributed by atoms with Gasteiger partial charge in [-0.05, 0) is 53.7 Å². The zero-order valence-corrected chi connectivity index (χ0v) is 8.94. The van der Waals surface area contributed by atoms with E-state index < -0.39 is 0 Å². The minimum absolute atomic E-state index is 0.817. The molecule has 0 bridgehead atoms. The molecule has 72 valence electrons. The van der Waals surface area contributed by atoms with E-state index in [4.69, 9.17) is 0 Å². The fourth-order valence-corrected chi connectivity index (χ4v) is 3.00. The molecule has 2 heterocycles. The second kappa shape index (κ2) is 4.25. The summed E-state index contributed by atoms with van der Waals surface area (Å²) in [6.45, 7) is 4.70. The third-order valence-electron chi connectivity index (χ3n) is 3.10. The molecule has 1 aliphatic heterocycles. The highest BCUT2D eigenvalue weighted by Crippen LogP contribution is 2.33. The Morgan fingerprint density at radius 3 is 3.23 bits per heavy atom. The van der Waals surface area contributed by atoms with Crippen molar-refractivity contribution in [1.82, 2.24) is 5.32 Å². The summed E-state index contributed by atoms with van der Waals surface area (Å²) in [7, 11) is 0. The first-order chi connectivity index (χ1) is 6.42. The van der Waals surface area contributed by atoms with Crippen LogP contribution in [0.3, 0.4) is 0 Å². The van der Waals surface area contributed by atoms with E-state index in [9.17, 15) is 0 Å². The Morgan fingerprint density at radius 1 is 1.62 bits per heavy atom. The lowest BCUT2D eigenvalue weighted by Crippen LogP contribution is -2.34. The van der Waals surface area contributed by atoms with Crippen molar-refractivity contribution in [3.05, 3.63) is 22.4 Å². The van der Waals surface area contributed by atoms with Gasteiger partial charge in [0.2, 0.25) is 0 Å². The van der Waals surface area contributed by atoms with Crippen LogP contribution >= 0.6 is 11.3 Å². The van der Waals surface area contributed by atoms with Crippen LogP contribution in [0.5, 0.6) is 0 Å². The van der Waals surface area contributed by atoms with Crippen molar-refractivity contribution < 1.29 is 0 Å². The average Bonchev–Trinajstić information content (AvgIpc) is 2.70. The first kappa shape index (κ1) is 9.22. The van der Waals surface area contributed by atoms with Crippen molar-refractivity contribution >= 4 is 11.3 Å². The van der Waals surface area contributed by atoms with Gasteiger partial charge >= 0.3 is 0 Å². The molecule has 1 saturated heterocycles. The van der Waals surface area contributed by atoms with Crippen LogP contribution in [-0.4, -0.2) is 13.1 Å². The van der Waals surface area contributed by atoms with Crippen molar-refractivity contribution in [2.24, 2.45) is 5.92 Å². The molecule has 0 aromatic carbocycles. The standard InChI is InChI=1S/C11H17NS/c1-2-9-7-12-5-3-11(9)10-4-6-13-8-10/h4,6,8-9,11-12H,2-3,5,7H2,1H3. The van der Waals surface area contributed by atoms with Gasteiger partial charge in [-0.3, -0.25) is 0 Å². The van der Waals surface area contributed by atoms with Gasteiger partial charge in [-0.1, -0.05) is 13.3 Å². The van der Waals surface area contributed by atoms with Gasteiger partial charge in [-0.2, -0.15) is 11.3 Å². The molecular formula is C11H17NS. The van der Waals surface area contributed by atoms with Crippen LogP contribution in [-0.2, 0) is 0 Å². The van der Waals surface area contributed by atoms with Crippen molar-refractivity contribution in [2.45, 2.75) is 25.7 Å². The molecule has 0 aliphatic carbocycles. The van der Waals surface area contributed by atoms with Crippen LogP contribution in [0.2, 0.25) is 0 Å². The molecule has 0 saturated carbocycles. The molecule has 1 fully saturated rings. The first-order valence-corrected chi connectivity index (χ1v) is 6.09. The van der Waals surface area contributed by atoms with Crippen LogP contribution < -0.4 is 5.32 Å². The summed E-state index contributed by atoms with van der Waals surface area (Å²) >= 11 is 1.83. The van der Waals surface area contributed by atoms with E-state index in [0.717, 1.165) is 11.8 Å². The second-order valence-corrected chi connectivity index (χ2v) is 4.60. The quantitative estimate of drug-likeness (QED) is 0.765. The Morgan fingerprint density at radius 2 is 2.54 bits per heavy atom. The first-order valence-electron chi connectivity index (χ1n) is 5.14. The Kier molecular flexibility index (Phi) is 3.01. The van der Waals surface area contributed by atoms with Gasteiger partial charge in [0.15, 0.2) is 0 Å². The Labute approximate surface area is 84.2 Å². The molecule has 1 aromatic heterocycles. The van der Waals surface area contributed by atoms with E-state index in [1.54, 1.807) is 5.56 Å². The second-order valence-electron chi connectivity index (χ2n) is 3.82. The highest BCUT2D eigenvalue weighted by Gasteiger charge is 2.24. The molecule has 2 heteroatoms. The highest BCUT2D eigenvalue weighted by molar-refractivity contribution is 7.07. The summed E-state index contributed by atoms with van der Waals surface area (Å²) in [5.41, 5.74) is 1.57. The fraction of sp³-hybridized carbons (Fsp3) is 0.636. The topological polar surface area (TPSA) is 12.0 Å². The van der Waals surface area contributed by atoms with E-state index in [1.165, 1.54) is 25.9 Å². The number of rotatable bonds is 2. The van der Waals surface area contributed by atoms with E-state index in [1.807, 2.05) is 11.3 Å². The Hall–Kier alpha value is -0.340. The van der Waals surface area contributed by atoms with E-state index in [0.29, 0.717) is 0 Å². The summed E-state index contributed by atoms with van der Waals surface area (Å²) in [5, 5.41) is 8.00. The summed E-state index contributed by atoms with van der Waals surface area (Å²) in [6, 6.07) is 2.29. The fourth-order valence-electron chi connectivity index (χ4n) is 2.28. The lowest BCUT2D eigenvalue weighted by atomic mass is 9.81. The summed E-state index contributed by atoms with van der Waals surface area (Å²) in [4.78, 5) is 0. The summed E-state index contributed by atoms with van der Waals surface area (Å²) in [5.74, 6) is 1.67. The zero-order chi connectivity index (χ0) is 9.10. The SMILES string of the molecule is CCC1CNCCC1c1ccsc1. The maximum Gasteiger partial charge on any atom is -0.00148 e. The monoisotopic (exact) mass is 195 g/mol. The maximum atomic E-state index is 3.48. The number of hydrogen-bond donors (Lipinski definition) is 1. The lowest BCUT2D eigenvalue weighted by molar-refractivity contribution is 0.318. The Balaban J connectivity index is 2.11. The van der Waals surface area contributed by atoms with E-state index in [2.05, 4.69) is 29.1 Å². The van der Waals surface area contributed by atoms with Gasteiger partial charge < -0.3 is 5.32 Å².